The number of carbonyl (C=O) groups is 1. The predicted octanol–water partition coefficient (Wildman–Crippen LogP) is 4.44. The van der Waals surface area contributed by atoms with Crippen LogP contribution in [0.3, 0.4) is 0 Å². The van der Waals surface area contributed by atoms with Gasteiger partial charge in [-0.2, -0.15) is 0 Å². The van der Waals surface area contributed by atoms with E-state index in [4.69, 9.17) is 26.1 Å². The van der Waals surface area contributed by atoms with Crippen LogP contribution in [-0.4, -0.2) is 46.6 Å². The summed E-state index contributed by atoms with van der Waals surface area (Å²) in [6.45, 7) is 0.652. The number of aromatic nitrogens is 3. The molecule has 0 saturated heterocycles. The maximum atomic E-state index is 13.5. The second-order valence-corrected chi connectivity index (χ2v) is 9.12. The summed E-state index contributed by atoms with van der Waals surface area (Å²) in [6.07, 6.45) is 1.90. The molecule has 0 saturated carbocycles. The number of anilines is 1. The number of ether oxygens (including phenoxy) is 2. The van der Waals surface area contributed by atoms with E-state index in [-0.39, 0.29) is 17.2 Å². The number of aryl methyl sites for hydroxylation is 1. The summed E-state index contributed by atoms with van der Waals surface area (Å²) in [5, 5.41) is 3.73. The maximum Gasteiger partial charge on any atom is 0.278 e. The van der Waals surface area contributed by atoms with Gasteiger partial charge in [-0.3, -0.25) is 14.2 Å². The number of hydrogen-bond donors (Lipinski definition) is 1. The van der Waals surface area contributed by atoms with Gasteiger partial charge in [-0.1, -0.05) is 53.7 Å². The molecule has 4 aromatic rings. The lowest BCUT2D eigenvalue weighted by Gasteiger charge is -2.13. The summed E-state index contributed by atoms with van der Waals surface area (Å²) < 4.78 is 13.8. The summed E-state index contributed by atoms with van der Waals surface area (Å²) in [6, 6.07) is 14.8. The minimum atomic E-state index is -0.278. The van der Waals surface area contributed by atoms with Crippen LogP contribution in [0.15, 0.2) is 64.7 Å². The number of thioether (sulfide) groups is 1. The normalized spacial score (nSPS) is 11.1. The monoisotopic (exact) mass is 512 g/mol. The smallest absolute Gasteiger partial charge is 0.278 e. The molecule has 35 heavy (non-hydrogen) atoms. The van der Waals surface area contributed by atoms with E-state index in [0.29, 0.717) is 45.8 Å². The van der Waals surface area contributed by atoms with E-state index in [0.717, 1.165) is 11.1 Å². The van der Waals surface area contributed by atoms with Crippen molar-refractivity contribution >= 4 is 46.0 Å². The largest absolute Gasteiger partial charge is 0.495 e. The number of rotatable bonds is 9. The Bertz CT molecular complexity index is 1420. The molecule has 4 rings (SSSR count). The van der Waals surface area contributed by atoms with Gasteiger partial charge in [-0.05, 0) is 23.8 Å². The fourth-order valence-electron chi connectivity index (χ4n) is 3.76. The number of methoxy groups -OCH3 is 2. The van der Waals surface area contributed by atoms with Crippen molar-refractivity contribution < 1.29 is 14.3 Å². The highest BCUT2D eigenvalue weighted by atomic mass is 35.5. The van der Waals surface area contributed by atoms with E-state index < -0.39 is 0 Å². The molecule has 0 spiro atoms. The third kappa shape index (κ3) is 5.37. The van der Waals surface area contributed by atoms with Crippen molar-refractivity contribution in [3.8, 4) is 16.9 Å². The van der Waals surface area contributed by atoms with Gasteiger partial charge in [0.05, 0.1) is 31.7 Å². The molecular formula is C25H25ClN4O4S. The number of nitrogens with zero attached hydrogens (tertiary/aromatic N) is 3. The number of nitrogens with one attached hydrogen (secondary N) is 1. The minimum absolute atomic E-state index is 0.0358. The van der Waals surface area contributed by atoms with Gasteiger partial charge in [0.25, 0.3) is 5.56 Å². The zero-order valence-corrected chi connectivity index (χ0v) is 21.2. The van der Waals surface area contributed by atoms with Crippen molar-refractivity contribution in [2.24, 2.45) is 7.05 Å². The van der Waals surface area contributed by atoms with Crippen LogP contribution in [-0.2, 0) is 23.1 Å². The Hall–Kier alpha value is -3.27. The van der Waals surface area contributed by atoms with Crippen LogP contribution in [0.1, 0.15) is 0 Å². The lowest BCUT2D eigenvalue weighted by atomic mass is 10.1. The van der Waals surface area contributed by atoms with Gasteiger partial charge in [0.1, 0.15) is 16.8 Å². The third-order valence-electron chi connectivity index (χ3n) is 5.41. The highest BCUT2D eigenvalue weighted by Crippen LogP contribution is 2.30. The lowest BCUT2D eigenvalue weighted by molar-refractivity contribution is -0.113. The molecule has 2 aromatic heterocycles. The molecular weight excluding hydrogens is 488 g/mol. The number of hydrogen-bond acceptors (Lipinski definition) is 6. The topological polar surface area (TPSA) is 87.4 Å². The molecule has 0 radical (unpaired) electrons. The summed E-state index contributed by atoms with van der Waals surface area (Å²) in [5.41, 5.74) is 3.20. The molecule has 0 unspecified atom stereocenters. The fourth-order valence-corrected chi connectivity index (χ4v) is 4.75. The van der Waals surface area contributed by atoms with Gasteiger partial charge in [0.15, 0.2) is 5.16 Å². The van der Waals surface area contributed by atoms with Crippen LogP contribution in [0.25, 0.3) is 22.2 Å². The van der Waals surface area contributed by atoms with Gasteiger partial charge in [-0.25, -0.2) is 4.98 Å². The Labute approximate surface area is 211 Å². The molecule has 8 nitrogen and oxygen atoms in total. The predicted molar refractivity (Wildman–Crippen MR) is 140 cm³/mol. The summed E-state index contributed by atoms with van der Waals surface area (Å²) in [7, 11) is 4.92. The second-order valence-electron chi connectivity index (χ2n) is 7.74. The van der Waals surface area contributed by atoms with E-state index in [9.17, 15) is 9.59 Å². The van der Waals surface area contributed by atoms with Crippen molar-refractivity contribution in [3.63, 3.8) is 0 Å². The van der Waals surface area contributed by atoms with E-state index in [1.807, 2.05) is 43.6 Å². The third-order valence-corrected chi connectivity index (χ3v) is 6.62. The molecule has 0 atom stereocenters. The van der Waals surface area contributed by atoms with Gasteiger partial charge in [-0.15, -0.1) is 0 Å². The van der Waals surface area contributed by atoms with E-state index in [1.165, 1.54) is 18.9 Å². The molecule has 10 heteroatoms. The second kappa shape index (κ2) is 11.0. The van der Waals surface area contributed by atoms with Gasteiger partial charge in [0, 0.05) is 30.9 Å². The SMILES string of the molecule is COCCn1c(SCC(=O)Nc2cc(Cl)ccc2OC)nc2c(-c3ccccc3)cn(C)c2c1=O. The van der Waals surface area contributed by atoms with E-state index in [1.54, 1.807) is 34.4 Å². The molecule has 0 aliphatic rings. The van der Waals surface area contributed by atoms with Crippen molar-refractivity contribution in [3.05, 3.63) is 70.1 Å². The average molecular weight is 513 g/mol. The molecule has 1 amide bonds. The first-order chi connectivity index (χ1) is 16.9. The summed E-state index contributed by atoms with van der Waals surface area (Å²) in [5.74, 6) is 0.259. The zero-order valence-electron chi connectivity index (χ0n) is 19.6. The minimum Gasteiger partial charge on any atom is -0.495 e. The van der Waals surface area contributed by atoms with Crippen LogP contribution in [0.2, 0.25) is 5.02 Å². The van der Waals surface area contributed by atoms with Gasteiger partial charge >= 0.3 is 0 Å². The molecule has 182 valence electrons. The first-order valence-electron chi connectivity index (χ1n) is 10.8. The van der Waals surface area contributed by atoms with Crippen LogP contribution in [0.5, 0.6) is 5.75 Å². The molecule has 0 fully saturated rings. The van der Waals surface area contributed by atoms with Crippen molar-refractivity contribution in [1.29, 1.82) is 0 Å². The van der Waals surface area contributed by atoms with Gasteiger partial charge in [0.2, 0.25) is 5.91 Å². The molecule has 2 aromatic carbocycles. The van der Waals surface area contributed by atoms with Crippen molar-refractivity contribution in [2.75, 3.05) is 31.9 Å². The highest BCUT2D eigenvalue weighted by molar-refractivity contribution is 7.99. The molecule has 1 N–H and O–H groups in total. The van der Waals surface area contributed by atoms with E-state index >= 15 is 0 Å². The number of halogens is 1. The maximum absolute atomic E-state index is 13.5. The number of benzene rings is 2. The number of fused-ring (bicyclic) bond motifs is 1. The van der Waals surface area contributed by atoms with Gasteiger partial charge < -0.3 is 19.4 Å². The van der Waals surface area contributed by atoms with Crippen LogP contribution >= 0.6 is 23.4 Å². The molecule has 0 aliphatic carbocycles. The lowest BCUT2D eigenvalue weighted by Crippen LogP contribution is -2.27. The first kappa shape index (κ1) is 24.8. The van der Waals surface area contributed by atoms with Crippen LogP contribution in [0, 0.1) is 0 Å². The Morgan fingerprint density at radius 2 is 1.94 bits per heavy atom. The Morgan fingerprint density at radius 3 is 2.66 bits per heavy atom. The van der Waals surface area contributed by atoms with Crippen molar-refractivity contribution in [1.82, 2.24) is 14.1 Å². The Balaban J connectivity index is 1.68. The standard InChI is InChI=1S/C25H25ClN4O4S/c1-29-14-18(16-7-5-4-6-8-16)22-23(29)24(32)30(11-12-33-2)25(28-22)35-15-21(31)27-19-13-17(26)9-10-20(19)34-3/h4-10,13-14H,11-12,15H2,1-3H3,(H,27,31). The average Bonchev–Trinajstić information content (AvgIpc) is 3.19. The Kier molecular flexibility index (Phi) is 7.80. The van der Waals surface area contributed by atoms with E-state index in [2.05, 4.69) is 5.32 Å². The zero-order chi connectivity index (χ0) is 24.9. The van der Waals surface area contributed by atoms with Crippen molar-refractivity contribution in [2.45, 2.75) is 11.7 Å². The number of carbonyl (C=O) groups excluding carboxylic acids is 1. The first-order valence-corrected chi connectivity index (χ1v) is 12.2. The number of amides is 1. The van der Waals surface area contributed by atoms with Crippen LogP contribution < -0.4 is 15.6 Å². The Morgan fingerprint density at radius 1 is 1.17 bits per heavy atom. The molecule has 0 aliphatic heterocycles. The molecule has 2 heterocycles. The highest BCUT2D eigenvalue weighted by Gasteiger charge is 2.19. The molecule has 0 bridgehead atoms. The van der Waals surface area contributed by atoms with Crippen LogP contribution in [0.4, 0.5) is 5.69 Å². The quantitative estimate of drug-likeness (QED) is 0.263. The summed E-state index contributed by atoms with van der Waals surface area (Å²) >= 11 is 7.25. The summed E-state index contributed by atoms with van der Waals surface area (Å²) in [4.78, 5) is 31.1. The fraction of sp³-hybridized carbons (Fsp3) is 0.240.